The van der Waals surface area contributed by atoms with Crippen molar-refractivity contribution < 1.29 is 9.15 Å². The molecule has 1 unspecified atom stereocenters. The van der Waals surface area contributed by atoms with Crippen molar-refractivity contribution in [2.24, 2.45) is 0 Å². The van der Waals surface area contributed by atoms with Gasteiger partial charge in [0.25, 0.3) is 0 Å². The Kier molecular flexibility index (Phi) is 4.58. The summed E-state index contributed by atoms with van der Waals surface area (Å²) in [5.41, 5.74) is 2.71. The molecule has 0 spiro atoms. The van der Waals surface area contributed by atoms with Gasteiger partial charge in [0.15, 0.2) is 0 Å². The molecule has 1 aromatic heterocycles. The van der Waals surface area contributed by atoms with Crippen LogP contribution in [0.1, 0.15) is 33.6 Å². The highest BCUT2D eigenvalue weighted by Gasteiger charge is 2.23. The highest BCUT2D eigenvalue weighted by molar-refractivity contribution is 6.36. The van der Waals surface area contributed by atoms with Crippen molar-refractivity contribution in [3.05, 3.63) is 50.4 Å². The number of hydrogen-bond donors (Lipinski definition) is 0. The molecule has 0 saturated heterocycles. The Balaban J connectivity index is 2.53. The summed E-state index contributed by atoms with van der Waals surface area (Å²) >= 11 is 19.0. The molecule has 1 atom stereocenters. The number of alkyl halides is 1. The SMILES string of the molecule is COc1cc(Cl)c(C(Cl)c2c(C)oc(C)c2C)cc1Cl. The molecule has 2 nitrogen and oxygen atoms in total. The van der Waals surface area contributed by atoms with Crippen molar-refractivity contribution in [2.75, 3.05) is 7.11 Å². The van der Waals surface area contributed by atoms with Gasteiger partial charge in [-0.1, -0.05) is 23.2 Å². The summed E-state index contributed by atoms with van der Waals surface area (Å²) in [6, 6.07) is 3.41. The Bertz CT molecular complexity index is 647. The molecule has 20 heavy (non-hydrogen) atoms. The van der Waals surface area contributed by atoms with E-state index in [0.29, 0.717) is 15.8 Å². The summed E-state index contributed by atoms with van der Waals surface area (Å²) in [6.45, 7) is 5.79. The maximum absolute atomic E-state index is 6.58. The van der Waals surface area contributed by atoms with E-state index in [1.54, 1.807) is 19.2 Å². The van der Waals surface area contributed by atoms with Crippen LogP contribution in [0, 0.1) is 20.8 Å². The molecular weight excluding hydrogens is 319 g/mol. The number of halogens is 3. The van der Waals surface area contributed by atoms with Crippen molar-refractivity contribution in [1.82, 2.24) is 0 Å². The van der Waals surface area contributed by atoms with Crippen LogP contribution < -0.4 is 4.74 Å². The van der Waals surface area contributed by atoms with Crippen LogP contribution in [0.2, 0.25) is 10.0 Å². The Labute approximate surface area is 133 Å². The van der Waals surface area contributed by atoms with E-state index in [1.807, 2.05) is 20.8 Å². The predicted molar refractivity (Wildman–Crippen MR) is 83.6 cm³/mol. The van der Waals surface area contributed by atoms with E-state index in [-0.39, 0.29) is 0 Å². The van der Waals surface area contributed by atoms with Crippen molar-refractivity contribution in [3.63, 3.8) is 0 Å². The number of benzene rings is 1. The normalized spacial score (nSPS) is 12.6. The topological polar surface area (TPSA) is 22.4 Å². The molecule has 0 aliphatic carbocycles. The second-order valence-electron chi connectivity index (χ2n) is 4.62. The fraction of sp³-hybridized carbons (Fsp3) is 0.333. The van der Waals surface area contributed by atoms with Crippen LogP contribution >= 0.6 is 34.8 Å². The fourth-order valence-corrected chi connectivity index (χ4v) is 3.30. The van der Waals surface area contributed by atoms with Crippen LogP contribution in [0.15, 0.2) is 16.5 Å². The number of hydrogen-bond acceptors (Lipinski definition) is 2. The molecule has 2 rings (SSSR count). The molecule has 0 aliphatic rings. The summed E-state index contributed by atoms with van der Waals surface area (Å²) in [4.78, 5) is 0. The molecule has 1 heterocycles. The lowest BCUT2D eigenvalue weighted by Gasteiger charge is -2.14. The fourth-order valence-electron chi connectivity index (χ4n) is 2.23. The maximum Gasteiger partial charge on any atom is 0.138 e. The van der Waals surface area contributed by atoms with Crippen LogP contribution in [0.25, 0.3) is 0 Å². The van der Waals surface area contributed by atoms with Crippen LogP contribution in [0.4, 0.5) is 0 Å². The van der Waals surface area contributed by atoms with Gasteiger partial charge in [0, 0.05) is 16.7 Å². The van der Waals surface area contributed by atoms with Crippen LogP contribution in [-0.2, 0) is 0 Å². The third-order valence-corrected chi connectivity index (χ3v) is 4.49. The second-order valence-corrected chi connectivity index (χ2v) is 5.87. The van der Waals surface area contributed by atoms with E-state index in [0.717, 1.165) is 28.2 Å². The quantitative estimate of drug-likeness (QED) is 0.657. The van der Waals surface area contributed by atoms with Gasteiger partial charge in [-0.3, -0.25) is 0 Å². The minimum Gasteiger partial charge on any atom is -0.495 e. The van der Waals surface area contributed by atoms with Crippen molar-refractivity contribution in [3.8, 4) is 5.75 Å². The zero-order valence-electron chi connectivity index (χ0n) is 11.7. The summed E-state index contributed by atoms with van der Waals surface area (Å²) in [5, 5.41) is 0.584. The van der Waals surface area contributed by atoms with Gasteiger partial charge < -0.3 is 9.15 Å². The molecular formula is C15H15Cl3O2. The largest absolute Gasteiger partial charge is 0.495 e. The molecule has 0 N–H and O–H groups in total. The van der Waals surface area contributed by atoms with Gasteiger partial charge >= 0.3 is 0 Å². The third-order valence-electron chi connectivity index (χ3n) is 3.42. The van der Waals surface area contributed by atoms with Crippen molar-refractivity contribution in [1.29, 1.82) is 0 Å². The molecule has 1 aromatic carbocycles. The van der Waals surface area contributed by atoms with E-state index >= 15 is 0 Å². The molecule has 0 fully saturated rings. The molecule has 0 saturated carbocycles. The Morgan fingerprint density at radius 2 is 1.70 bits per heavy atom. The van der Waals surface area contributed by atoms with E-state index < -0.39 is 5.38 Å². The van der Waals surface area contributed by atoms with Crippen LogP contribution in [-0.4, -0.2) is 7.11 Å². The third kappa shape index (κ3) is 2.65. The number of furan rings is 1. The molecule has 0 radical (unpaired) electrons. The number of ether oxygens (including phenoxy) is 1. The lowest BCUT2D eigenvalue weighted by atomic mass is 10.0. The molecule has 0 bridgehead atoms. The Morgan fingerprint density at radius 1 is 1.05 bits per heavy atom. The van der Waals surface area contributed by atoms with Gasteiger partial charge in [-0.25, -0.2) is 0 Å². The minimum absolute atomic E-state index is 0.414. The van der Waals surface area contributed by atoms with Crippen molar-refractivity contribution in [2.45, 2.75) is 26.1 Å². The molecule has 5 heteroatoms. The van der Waals surface area contributed by atoms with Gasteiger partial charge in [-0.2, -0.15) is 0 Å². The standard InChI is InChI=1S/C15H15Cl3O2/c1-7-8(2)20-9(3)14(7)15(18)10-5-12(17)13(19-4)6-11(10)16/h5-6,15H,1-4H3. The zero-order valence-corrected chi connectivity index (χ0v) is 14.0. The van der Waals surface area contributed by atoms with E-state index in [9.17, 15) is 0 Å². The molecule has 108 valence electrons. The summed E-state index contributed by atoms with van der Waals surface area (Å²) < 4.78 is 10.8. The first kappa shape index (κ1) is 15.6. The summed E-state index contributed by atoms with van der Waals surface area (Å²) in [7, 11) is 1.54. The van der Waals surface area contributed by atoms with E-state index in [4.69, 9.17) is 44.0 Å². The van der Waals surface area contributed by atoms with Gasteiger partial charge in [0.2, 0.25) is 0 Å². The minimum atomic E-state index is -0.414. The number of rotatable bonds is 3. The van der Waals surface area contributed by atoms with Crippen LogP contribution in [0.3, 0.4) is 0 Å². The first-order valence-electron chi connectivity index (χ1n) is 6.10. The first-order chi connectivity index (χ1) is 9.36. The summed E-state index contributed by atoms with van der Waals surface area (Å²) in [5.74, 6) is 2.18. The smallest absolute Gasteiger partial charge is 0.138 e. The Hall–Kier alpha value is -0.830. The lowest BCUT2D eigenvalue weighted by molar-refractivity contribution is 0.415. The maximum atomic E-state index is 6.58. The molecule has 0 amide bonds. The summed E-state index contributed by atoms with van der Waals surface area (Å²) in [6.07, 6.45) is 0. The van der Waals surface area contributed by atoms with E-state index in [1.165, 1.54) is 0 Å². The predicted octanol–water partition coefficient (Wildman–Crippen LogP) is 5.85. The van der Waals surface area contributed by atoms with Gasteiger partial charge in [-0.05, 0) is 38.0 Å². The lowest BCUT2D eigenvalue weighted by Crippen LogP contribution is -1.98. The highest BCUT2D eigenvalue weighted by atomic mass is 35.5. The van der Waals surface area contributed by atoms with E-state index in [2.05, 4.69) is 0 Å². The average Bonchev–Trinajstić information content (AvgIpc) is 2.65. The van der Waals surface area contributed by atoms with Crippen molar-refractivity contribution >= 4 is 34.8 Å². The van der Waals surface area contributed by atoms with Gasteiger partial charge in [0.1, 0.15) is 17.3 Å². The zero-order chi connectivity index (χ0) is 15.0. The Morgan fingerprint density at radius 3 is 2.20 bits per heavy atom. The number of methoxy groups -OCH3 is 1. The first-order valence-corrected chi connectivity index (χ1v) is 7.29. The molecule has 2 aromatic rings. The van der Waals surface area contributed by atoms with Crippen LogP contribution in [0.5, 0.6) is 5.75 Å². The van der Waals surface area contributed by atoms with Gasteiger partial charge in [-0.15, -0.1) is 11.6 Å². The average molecular weight is 334 g/mol. The molecule has 0 aliphatic heterocycles. The second kappa shape index (κ2) is 5.88. The van der Waals surface area contributed by atoms with Gasteiger partial charge in [0.05, 0.1) is 17.5 Å². The number of aryl methyl sites for hydroxylation is 2. The highest BCUT2D eigenvalue weighted by Crippen LogP contribution is 2.42. The monoisotopic (exact) mass is 332 g/mol.